The average molecular weight is 365 g/mol. The summed E-state index contributed by atoms with van der Waals surface area (Å²) >= 11 is 13.5. The third kappa shape index (κ3) is 3.50. The molecule has 0 saturated heterocycles. The molecule has 23 heavy (non-hydrogen) atoms. The Kier molecular flexibility index (Phi) is 4.57. The van der Waals surface area contributed by atoms with Gasteiger partial charge in [0.05, 0.1) is 21.2 Å². The summed E-state index contributed by atoms with van der Waals surface area (Å²) in [4.78, 5) is 16.6. The van der Waals surface area contributed by atoms with Crippen LogP contribution in [0.3, 0.4) is 0 Å². The predicted molar refractivity (Wildman–Crippen MR) is 97.9 cm³/mol. The lowest BCUT2D eigenvalue weighted by molar-refractivity contribution is -0.115. The van der Waals surface area contributed by atoms with E-state index in [1.807, 2.05) is 31.2 Å². The van der Waals surface area contributed by atoms with Crippen LogP contribution in [0.2, 0.25) is 10.0 Å². The van der Waals surface area contributed by atoms with E-state index in [0.29, 0.717) is 27.1 Å². The molecule has 0 aliphatic heterocycles. The molecule has 118 valence electrons. The van der Waals surface area contributed by atoms with Crippen molar-refractivity contribution in [2.75, 3.05) is 5.32 Å². The quantitative estimate of drug-likeness (QED) is 0.675. The first-order valence-corrected chi connectivity index (χ1v) is 8.62. The number of thiazole rings is 1. The van der Waals surface area contributed by atoms with Crippen molar-refractivity contribution in [3.63, 3.8) is 0 Å². The maximum absolute atomic E-state index is 12.2. The topological polar surface area (TPSA) is 42.0 Å². The molecule has 1 aromatic heterocycles. The number of aromatic nitrogens is 1. The van der Waals surface area contributed by atoms with Crippen molar-refractivity contribution in [1.82, 2.24) is 4.98 Å². The van der Waals surface area contributed by atoms with Crippen LogP contribution in [0.4, 0.5) is 5.13 Å². The Morgan fingerprint density at radius 3 is 2.70 bits per heavy atom. The summed E-state index contributed by atoms with van der Waals surface area (Å²) in [6.45, 7) is 4.09. The zero-order valence-corrected chi connectivity index (χ0v) is 14.9. The molecule has 1 amide bonds. The standard InChI is InChI=1S/C17H14Cl2N2OS/c1-9-3-4-11(7-10(9)2)8-14(22)20-17-21-16-13(23-17)6-5-12(18)15(16)19/h3-7H,8H2,1-2H3,(H,20,21,22). The summed E-state index contributed by atoms with van der Waals surface area (Å²) in [6.07, 6.45) is 0.311. The van der Waals surface area contributed by atoms with E-state index in [1.54, 1.807) is 6.07 Å². The molecule has 3 rings (SSSR count). The first kappa shape index (κ1) is 16.2. The molecule has 1 heterocycles. The molecule has 1 N–H and O–H groups in total. The number of hydrogen-bond donors (Lipinski definition) is 1. The molecule has 0 aliphatic rings. The number of anilines is 1. The molecule has 2 aromatic carbocycles. The van der Waals surface area contributed by atoms with Crippen LogP contribution in [0.1, 0.15) is 16.7 Å². The van der Waals surface area contributed by atoms with E-state index in [2.05, 4.69) is 17.2 Å². The normalized spacial score (nSPS) is 11.0. The number of benzene rings is 2. The van der Waals surface area contributed by atoms with Crippen LogP contribution in [-0.4, -0.2) is 10.9 Å². The fourth-order valence-electron chi connectivity index (χ4n) is 2.25. The van der Waals surface area contributed by atoms with Crippen LogP contribution in [-0.2, 0) is 11.2 Å². The van der Waals surface area contributed by atoms with Gasteiger partial charge in [0.25, 0.3) is 0 Å². The van der Waals surface area contributed by atoms with Gasteiger partial charge in [0.1, 0.15) is 5.52 Å². The summed E-state index contributed by atoms with van der Waals surface area (Å²) in [5, 5.41) is 4.22. The first-order chi connectivity index (χ1) is 10.9. The highest BCUT2D eigenvalue weighted by atomic mass is 35.5. The number of nitrogens with one attached hydrogen (secondary N) is 1. The van der Waals surface area contributed by atoms with Crippen LogP contribution >= 0.6 is 34.5 Å². The van der Waals surface area contributed by atoms with Gasteiger partial charge in [-0.25, -0.2) is 4.98 Å². The zero-order chi connectivity index (χ0) is 16.6. The maximum atomic E-state index is 12.2. The number of carbonyl (C=O) groups is 1. The summed E-state index contributed by atoms with van der Waals surface area (Å²) < 4.78 is 0.890. The van der Waals surface area contributed by atoms with Crippen molar-refractivity contribution >= 4 is 55.8 Å². The molecule has 0 bridgehead atoms. The summed E-state index contributed by atoms with van der Waals surface area (Å²) in [7, 11) is 0. The number of fused-ring (bicyclic) bond motifs is 1. The van der Waals surface area contributed by atoms with E-state index < -0.39 is 0 Å². The number of carbonyl (C=O) groups excluding carboxylic acids is 1. The molecule has 3 aromatic rings. The van der Waals surface area contributed by atoms with Crippen LogP contribution < -0.4 is 5.32 Å². The lowest BCUT2D eigenvalue weighted by Crippen LogP contribution is -2.14. The van der Waals surface area contributed by atoms with Gasteiger partial charge in [-0.05, 0) is 42.7 Å². The second kappa shape index (κ2) is 6.48. The molecule has 0 atom stereocenters. The monoisotopic (exact) mass is 364 g/mol. The molecular formula is C17H14Cl2N2OS. The predicted octanol–water partition coefficient (Wildman–Crippen LogP) is 5.40. The Morgan fingerprint density at radius 1 is 1.17 bits per heavy atom. The van der Waals surface area contributed by atoms with Crippen LogP contribution in [0.5, 0.6) is 0 Å². The number of halogens is 2. The van der Waals surface area contributed by atoms with E-state index in [1.165, 1.54) is 22.5 Å². The smallest absolute Gasteiger partial charge is 0.230 e. The van der Waals surface area contributed by atoms with Crippen molar-refractivity contribution in [1.29, 1.82) is 0 Å². The van der Waals surface area contributed by atoms with Gasteiger partial charge in [-0.15, -0.1) is 0 Å². The molecule has 0 unspecified atom stereocenters. The number of aryl methyl sites for hydroxylation is 2. The van der Waals surface area contributed by atoms with Gasteiger partial charge >= 0.3 is 0 Å². The zero-order valence-electron chi connectivity index (χ0n) is 12.6. The average Bonchev–Trinajstić information content (AvgIpc) is 2.90. The van der Waals surface area contributed by atoms with Crippen LogP contribution in [0.15, 0.2) is 30.3 Å². The third-order valence-corrected chi connectivity index (χ3v) is 5.36. The molecule has 0 spiro atoms. The molecule has 3 nitrogen and oxygen atoms in total. The minimum absolute atomic E-state index is 0.102. The lowest BCUT2D eigenvalue weighted by atomic mass is 10.0. The van der Waals surface area contributed by atoms with Gasteiger partial charge < -0.3 is 5.32 Å². The molecule has 6 heteroatoms. The molecule has 0 saturated carbocycles. The van der Waals surface area contributed by atoms with Crippen molar-refractivity contribution in [3.8, 4) is 0 Å². The molecule has 0 radical (unpaired) electrons. The largest absolute Gasteiger partial charge is 0.302 e. The Balaban J connectivity index is 1.77. The highest BCUT2D eigenvalue weighted by molar-refractivity contribution is 7.22. The summed E-state index contributed by atoms with van der Waals surface area (Å²) in [6, 6.07) is 9.60. The maximum Gasteiger partial charge on any atom is 0.230 e. The first-order valence-electron chi connectivity index (χ1n) is 7.04. The van der Waals surface area contributed by atoms with Gasteiger partial charge in [-0.2, -0.15) is 0 Å². The molecule has 0 aliphatic carbocycles. The fraction of sp³-hybridized carbons (Fsp3) is 0.176. The highest BCUT2D eigenvalue weighted by Gasteiger charge is 2.12. The van der Waals surface area contributed by atoms with Crippen molar-refractivity contribution < 1.29 is 4.79 Å². The van der Waals surface area contributed by atoms with Gasteiger partial charge in [0, 0.05) is 0 Å². The summed E-state index contributed by atoms with van der Waals surface area (Å²) in [5.74, 6) is -0.102. The van der Waals surface area contributed by atoms with Crippen LogP contribution in [0, 0.1) is 13.8 Å². The van der Waals surface area contributed by atoms with Gasteiger partial charge in [-0.1, -0.05) is 52.7 Å². The Labute approximate surface area is 148 Å². The van der Waals surface area contributed by atoms with Gasteiger partial charge in [0.15, 0.2) is 5.13 Å². The minimum Gasteiger partial charge on any atom is -0.302 e. The SMILES string of the molecule is Cc1ccc(CC(=O)Nc2nc3c(Cl)c(Cl)ccc3s2)cc1C. The van der Waals surface area contributed by atoms with Crippen molar-refractivity contribution in [2.45, 2.75) is 20.3 Å². The Hall–Kier alpha value is -1.62. The van der Waals surface area contributed by atoms with Crippen molar-refractivity contribution in [3.05, 3.63) is 57.1 Å². The second-order valence-corrected chi connectivity index (χ2v) is 7.19. The molecular weight excluding hydrogens is 351 g/mol. The van der Waals surface area contributed by atoms with E-state index in [0.717, 1.165) is 10.3 Å². The summed E-state index contributed by atoms with van der Waals surface area (Å²) in [5.41, 5.74) is 3.99. The van der Waals surface area contributed by atoms with Gasteiger partial charge in [-0.3, -0.25) is 4.79 Å². The fourth-order valence-corrected chi connectivity index (χ4v) is 3.56. The Bertz CT molecular complexity index is 905. The van der Waals surface area contributed by atoms with E-state index in [9.17, 15) is 4.79 Å². The minimum atomic E-state index is -0.102. The number of rotatable bonds is 3. The van der Waals surface area contributed by atoms with Crippen LogP contribution in [0.25, 0.3) is 10.2 Å². The third-order valence-electron chi connectivity index (χ3n) is 3.63. The van der Waals surface area contributed by atoms with Gasteiger partial charge in [0.2, 0.25) is 5.91 Å². The van der Waals surface area contributed by atoms with E-state index >= 15 is 0 Å². The lowest BCUT2D eigenvalue weighted by Gasteiger charge is -2.05. The second-order valence-electron chi connectivity index (χ2n) is 5.37. The number of amides is 1. The van der Waals surface area contributed by atoms with E-state index in [-0.39, 0.29) is 5.91 Å². The Morgan fingerprint density at radius 2 is 1.96 bits per heavy atom. The van der Waals surface area contributed by atoms with E-state index in [4.69, 9.17) is 23.2 Å². The van der Waals surface area contributed by atoms with Crippen molar-refractivity contribution in [2.24, 2.45) is 0 Å². The highest BCUT2D eigenvalue weighted by Crippen LogP contribution is 2.35. The number of nitrogens with zero attached hydrogens (tertiary/aromatic N) is 1. The number of hydrogen-bond acceptors (Lipinski definition) is 3. The molecule has 0 fully saturated rings.